The number of likely N-dealkylation sites (tertiary alicyclic amines) is 1. The third-order valence-electron chi connectivity index (χ3n) is 4.99. The number of hydrogen-bond acceptors (Lipinski definition) is 3. The van der Waals surface area contributed by atoms with Gasteiger partial charge in [0.15, 0.2) is 0 Å². The van der Waals surface area contributed by atoms with Crippen molar-refractivity contribution in [3.05, 3.63) is 0 Å². The summed E-state index contributed by atoms with van der Waals surface area (Å²) in [6.45, 7) is 15.5. The first-order valence-electron chi connectivity index (χ1n) is 9.46. The minimum absolute atomic E-state index is 0.136. The summed E-state index contributed by atoms with van der Waals surface area (Å²) in [5.74, 6) is 1.09. The molecule has 1 aliphatic rings. The molecule has 0 saturated carbocycles. The van der Waals surface area contributed by atoms with E-state index in [0.717, 1.165) is 44.8 Å². The molecule has 0 bridgehead atoms. The van der Waals surface area contributed by atoms with Crippen LogP contribution in [0.3, 0.4) is 0 Å². The van der Waals surface area contributed by atoms with Gasteiger partial charge in [0.05, 0.1) is 0 Å². The van der Waals surface area contributed by atoms with E-state index in [1.54, 1.807) is 0 Å². The Hall–Kier alpha value is -0.610. The number of piperidine rings is 1. The lowest BCUT2D eigenvalue weighted by Gasteiger charge is -2.37. The van der Waals surface area contributed by atoms with Crippen LogP contribution in [0.1, 0.15) is 66.7 Å². The van der Waals surface area contributed by atoms with E-state index < -0.39 is 0 Å². The van der Waals surface area contributed by atoms with Gasteiger partial charge in [-0.15, -0.1) is 0 Å². The van der Waals surface area contributed by atoms with Gasteiger partial charge in [-0.3, -0.25) is 4.79 Å². The number of rotatable bonds is 8. The number of hydrogen-bond donors (Lipinski definition) is 1. The van der Waals surface area contributed by atoms with E-state index in [1.165, 1.54) is 13.0 Å². The van der Waals surface area contributed by atoms with Crippen molar-refractivity contribution < 1.29 is 4.79 Å². The lowest BCUT2D eigenvalue weighted by atomic mass is 10.0. The van der Waals surface area contributed by atoms with Crippen LogP contribution < -0.4 is 5.32 Å². The Morgan fingerprint density at radius 2 is 1.91 bits per heavy atom. The molecule has 1 aliphatic heterocycles. The third-order valence-corrected chi connectivity index (χ3v) is 4.99. The molecule has 1 amide bonds. The summed E-state index contributed by atoms with van der Waals surface area (Å²) in [5, 5.41) is 3.45. The SMILES string of the molecule is CCC(C)CN1CCC(N(C)C(=O)CCCNC(C)(C)C)CC1. The van der Waals surface area contributed by atoms with Crippen LogP contribution in [0.15, 0.2) is 0 Å². The van der Waals surface area contributed by atoms with Gasteiger partial charge in [0.25, 0.3) is 0 Å². The average molecular weight is 326 g/mol. The van der Waals surface area contributed by atoms with Crippen molar-refractivity contribution in [2.75, 3.05) is 33.2 Å². The smallest absolute Gasteiger partial charge is 0.222 e. The van der Waals surface area contributed by atoms with Gasteiger partial charge in [-0.05, 0) is 52.5 Å². The Labute approximate surface area is 144 Å². The number of carbonyl (C=O) groups excluding carboxylic acids is 1. The topological polar surface area (TPSA) is 35.6 Å². The molecule has 0 aromatic carbocycles. The van der Waals surface area contributed by atoms with Gasteiger partial charge in [-0.25, -0.2) is 0 Å². The molecule has 0 radical (unpaired) electrons. The molecule has 4 heteroatoms. The maximum absolute atomic E-state index is 12.4. The molecule has 1 fully saturated rings. The summed E-state index contributed by atoms with van der Waals surface area (Å²) < 4.78 is 0. The van der Waals surface area contributed by atoms with Crippen molar-refractivity contribution in [1.82, 2.24) is 15.1 Å². The van der Waals surface area contributed by atoms with Crippen LogP contribution in [0.5, 0.6) is 0 Å². The lowest BCUT2D eigenvalue weighted by molar-refractivity contribution is -0.133. The molecule has 136 valence electrons. The number of nitrogens with zero attached hydrogens (tertiary/aromatic N) is 2. The molecule has 0 aromatic rings. The van der Waals surface area contributed by atoms with Gasteiger partial charge in [0.2, 0.25) is 5.91 Å². The zero-order valence-electron chi connectivity index (χ0n) is 16.3. The third kappa shape index (κ3) is 8.16. The van der Waals surface area contributed by atoms with Crippen molar-refractivity contribution in [2.45, 2.75) is 78.3 Å². The van der Waals surface area contributed by atoms with Crippen LogP contribution in [0.2, 0.25) is 0 Å². The molecule has 1 atom stereocenters. The van der Waals surface area contributed by atoms with Crippen LogP contribution in [0.25, 0.3) is 0 Å². The fraction of sp³-hybridized carbons (Fsp3) is 0.947. The Morgan fingerprint density at radius 3 is 2.43 bits per heavy atom. The standard InChI is InChI=1S/C19H39N3O/c1-7-16(2)15-22-13-10-17(11-14-22)21(6)18(23)9-8-12-20-19(3,4)5/h16-17,20H,7-15H2,1-6H3. The van der Waals surface area contributed by atoms with Crippen LogP contribution in [0.4, 0.5) is 0 Å². The van der Waals surface area contributed by atoms with E-state index in [4.69, 9.17) is 0 Å². The molecule has 0 spiro atoms. The van der Waals surface area contributed by atoms with Crippen LogP contribution in [0, 0.1) is 5.92 Å². The Balaban J connectivity index is 2.24. The Bertz CT molecular complexity index is 343. The number of amides is 1. The monoisotopic (exact) mass is 325 g/mol. The van der Waals surface area contributed by atoms with Crippen molar-refractivity contribution in [3.8, 4) is 0 Å². The van der Waals surface area contributed by atoms with Gasteiger partial charge in [0.1, 0.15) is 0 Å². The summed E-state index contributed by atoms with van der Waals surface area (Å²) in [6, 6.07) is 0.436. The first kappa shape index (κ1) is 20.4. The normalized spacial score (nSPS) is 18.9. The van der Waals surface area contributed by atoms with Crippen LogP contribution in [-0.4, -0.2) is 60.5 Å². The summed E-state index contributed by atoms with van der Waals surface area (Å²) in [5.41, 5.74) is 0.136. The molecule has 1 saturated heterocycles. The molecule has 0 aliphatic carbocycles. The van der Waals surface area contributed by atoms with E-state index in [9.17, 15) is 4.79 Å². The molecule has 23 heavy (non-hydrogen) atoms. The maximum Gasteiger partial charge on any atom is 0.222 e. The van der Waals surface area contributed by atoms with Gasteiger partial charge in [-0.1, -0.05) is 20.3 Å². The van der Waals surface area contributed by atoms with E-state index in [1.807, 2.05) is 11.9 Å². The predicted octanol–water partition coefficient (Wildman–Crippen LogP) is 3.12. The largest absolute Gasteiger partial charge is 0.343 e. The predicted molar refractivity (Wildman–Crippen MR) is 98.7 cm³/mol. The lowest BCUT2D eigenvalue weighted by Crippen LogP contribution is -2.46. The van der Waals surface area contributed by atoms with Crippen LogP contribution >= 0.6 is 0 Å². The molecular formula is C19H39N3O. The summed E-state index contributed by atoms with van der Waals surface area (Å²) >= 11 is 0. The second kappa shape index (κ2) is 9.63. The molecule has 1 heterocycles. The van der Waals surface area contributed by atoms with Gasteiger partial charge in [0, 0.05) is 44.7 Å². The number of nitrogens with one attached hydrogen (secondary N) is 1. The molecule has 1 rings (SSSR count). The van der Waals surface area contributed by atoms with E-state index >= 15 is 0 Å². The highest BCUT2D eigenvalue weighted by Crippen LogP contribution is 2.18. The quantitative estimate of drug-likeness (QED) is 0.697. The molecule has 1 unspecified atom stereocenters. The zero-order chi connectivity index (χ0) is 17.5. The Morgan fingerprint density at radius 1 is 1.30 bits per heavy atom. The highest BCUT2D eigenvalue weighted by atomic mass is 16.2. The molecule has 4 nitrogen and oxygen atoms in total. The second-order valence-electron chi connectivity index (χ2n) is 8.33. The van der Waals surface area contributed by atoms with E-state index in [2.05, 4.69) is 44.8 Å². The Kier molecular flexibility index (Phi) is 8.56. The van der Waals surface area contributed by atoms with Gasteiger partial charge >= 0.3 is 0 Å². The average Bonchev–Trinajstić information content (AvgIpc) is 2.50. The van der Waals surface area contributed by atoms with Crippen molar-refractivity contribution in [1.29, 1.82) is 0 Å². The summed E-state index contributed by atoms with van der Waals surface area (Å²) in [6.07, 6.45) is 5.08. The van der Waals surface area contributed by atoms with Crippen molar-refractivity contribution >= 4 is 5.91 Å². The van der Waals surface area contributed by atoms with Crippen molar-refractivity contribution in [3.63, 3.8) is 0 Å². The van der Waals surface area contributed by atoms with E-state index in [0.29, 0.717) is 18.4 Å². The summed E-state index contributed by atoms with van der Waals surface area (Å²) in [4.78, 5) is 16.9. The number of carbonyl (C=O) groups is 1. The van der Waals surface area contributed by atoms with Crippen molar-refractivity contribution in [2.24, 2.45) is 5.92 Å². The maximum atomic E-state index is 12.4. The minimum atomic E-state index is 0.136. The fourth-order valence-electron chi connectivity index (χ4n) is 3.14. The highest BCUT2D eigenvalue weighted by molar-refractivity contribution is 5.76. The highest BCUT2D eigenvalue weighted by Gasteiger charge is 2.25. The second-order valence-corrected chi connectivity index (χ2v) is 8.33. The molecular weight excluding hydrogens is 286 g/mol. The minimum Gasteiger partial charge on any atom is -0.343 e. The first-order chi connectivity index (χ1) is 10.7. The van der Waals surface area contributed by atoms with E-state index in [-0.39, 0.29) is 5.54 Å². The first-order valence-corrected chi connectivity index (χ1v) is 9.46. The van der Waals surface area contributed by atoms with Crippen LogP contribution in [-0.2, 0) is 4.79 Å². The fourth-order valence-corrected chi connectivity index (χ4v) is 3.14. The molecule has 0 aromatic heterocycles. The zero-order valence-corrected chi connectivity index (χ0v) is 16.3. The van der Waals surface area contributed by atoms with Gasteiger partial charge in [-0.2, -0.15) is 0 Å². The molecule has 1 N–H and O–H groups in total. The summed E-state index contributed by atoms with van der Waals surface area (Å²) in [7, 11) is 1.99. The van der Waals surface area contributed by atoms with Gasteiger partial charge < -0.3 is 15.1 Å².